The van der Waals surface area contributed by atoms with Crippen molar-refractivity contribution in [3.63, 3.8) is 0 Å². The predicted molar refractivity (Wildman–Crippen MR) is 55.1 cm³/mol. The van der Waals surface area contributed by atoms with Crippen LogP contribution in [0.25, 0.3) is 0 Å². The summed E-state index contributed by atoms with van der Waals surface area (Å²) in [7, 11) is 0. The lowest BCUT2D eigenvalue weighted by Gasteiger charge is -2.21. The zero-order valence-corrected chi connectivity index (χ0v) is 8.95. The molecule has 0 radical (unpaired) electrons. The minimum Gasteiger partial charge on any atom is -0.462 e. The Kier molecular flexibility index (Phi) is 3.41. The molecule has 78 valence electrons. The number of hydrogen-bond donors (Lipinski definition) is 1. The van der Waals surface area contributed by atoms with E-state index in [1.165, 1.54) is 0 Å². The van der Waals surface area contributed by atoms with Crippen LogP contribution in [0.4, 0.5) is 0 Å². The summed E-state index contributed by atoms with van der Waals surface area (Å²) in [6.07, 6.45) is 2.54. The van der Waals surface area contributed by atoms with E-state index in [9.17, 15) is 0 Å². The van der Waals surface area contributed by atoms with Crippen molar-refractivity contribution in [2.24, 2.45) is 5.73 Å². The Bertz CT molecular complexity index is 299. The largest absolute Gasteiger partial charge is 0.462 e. The van der Waals surface area contributed by atoms with E-state index < -0.39 is 0 Å². The predicted octanol–water partition coefficient (Wildman–Crippen LogP) is 1.29. The smallest absolute Gasteiger partial charge is 0.316 e. The Hall–Kier alpha value is -1.16. The van der Waals surface area contributed by atoms with Crippen molar-refractivity contribution in [3.05, 3.63) is 18.0 Å². The molecular weight excluding hydrogens is 178 g/mol. The molecule has 1 unspecified atom stereocenters. The third-order valence-corrected chi connectivity index (χ3v) is 2.11. The molecule has 0 fully saturated rings. The maximum absolute atomic E-state index is 5.92. The van der Waals surface area contributed by atoms with Gasteiger partial charge in [0.05, 0.1) is 0 Å². The van der Waals surface area contributed by atoms with Crippen molar-refractivity contribution in [2.75, 3.05) is 6.61 Å². The van der Waals surface area contributed by atoms with E-state index in [0.29, 0.717) is 12.6 Å². The number of aryl methyl sites for hydroxylation is 1. The van der Waals surface area contributed by atoms with Crippen LogP contribution in [0.15, 0.2) is 12.3 Å². The van der Waals surface area contributed by atoms with Gasteiger partial charge in [0, 0.05) is 17.4 Å². The summed E-state index contributed by atoms with van der Waals surface area (Å²) in [5.74, 6) is 0. The first-order valence-corrected chi connectivity index (χ1v) is 4.75. The van der Waals surface area contributed by atoms with Crippen LogP contribution in [-0.2, 0) is 0 Å². The van der Waals surface area contributed by atoms with Gasteiger partial charge in [0.1, 0.15) is 6.61 Å². The van der Waals surface area contributed by atoms with Gasteiger partial charge in [-0.2, -0.15) is 0 Å². The quantitative estimate of drug-likeness (QED) is 0.786. The van der Waals surface area contributed by atoms with Crippen molar-refractivity contribution in [1.82, 2.24) is 9.97 Å². The van der Waals surface area contributed by atoms with Gasteiger partial charge in [-0.3, -0.25) is 0 Å². The molecule has 0 saturated carbocycles. The number of aromatic nitrogens is 2. The van der Waals surface area contributed by atoms with Crippen LogP contribution in [0.5, 0.6) is 6.01 Å². The summed E-state index contributed by atoms with van der Waals surface area (Å²) < 4.78 is 5.40. The standard InChI is InChI=1S/C10H17N3O/c1-4-10(3,11)7-14-9-12-6-5-8(2)13-9/h5-6H,4,7,11H2,1-3H3. The van der Waals surface area contributed by atoms with Crippen LogP contribution in [-0.4, -0.2) is 22.1 Å². The van der Waals surface area contributed by atoms with Crippen molar-refractivity contribution in [2.45, 2.75) is 32.7 Å². The van der Waals surface area contributed by atoms with Crippen molar-refractivity contribution >= 4 is 0 Å². The molecule has 0 aliphatic rings. The lowest BCUT2D eigenvalue weighted by Crippen LogP contribution is -2.41. The molecule has 0 amide bonds. The van der Waals surface area contributed by atoms with Gasteiger partial charge in [-0.05, 0) is 26.3 Å². The van der Waals surface area contributed by atoms with Gasteiger partial charge >= 0.3 is 6.01 Å². The zero-order valence-electron chi connectivity index (χ0n) is 8.95. The Morgan fingerprint density at radius 3 is 2.86 bits per heavy atom. The second-order valence-corrected chi connectivity index (χ2v) is 3.78. The van der Waals surface area contributed by atoms with Crippen molar-refractivity contribution in [3.8, 4) is 6.01 Å². The lowest BCUT2D eigenvalue weighted by molar-refractivity contribution is 0.210. The average molecular weight is 195 g/mol. The molecule has 2 N–H and O–H groups in total. The fraction of sp³-hybridized carbons (Fsp3) is 0.600. The topological polar surface area (TPSA) is 61.0 Å². The van der Waals surface area contributed by atoms with Gasteiger partial charge in [-0.1, -0.05) is 6.92 Å². The van der Waals surface area contributed by atoms with Crippen LogP contribution in [0.1, 0.15) is 26.0 Å². The highest BCUT2D eigenvalue weighted by Crippen LogP contribution is 2.08. The van der Waals surface area contributed by atoms with E-state index >= 15 is 0 Å². The number of nitrogens with two attached hydrogens (primary N) is 1. The van der Waals surface area contributed by atoms with E-state index in [0.717, 1.165) is 12.1 Å². The monoisotopic (exact) mass is 195 g/mol. The second kappa shape index (κ2) is 4.37. The molecule has 0 spiro atoms. The molecule has 1 heterocycles. The fourth-order valence-corrected chi connectivity index (χ4v) is 0.827. The van der Waals surface area contributed by atoms with Gasteiger partial charge in [0.15, 0.2) is 0 Å². The molecule has 0 aliphatic heterocycles. The SMILES string of the molecule is CCC(C)(N)COc1nccc(C)n1. The molecule has 4 heteroatoms. The first kappa shape index (κ1) is 10.9. The van der Waals surface area contributed by atoms with Crippen molar-refractivity contribution < 1.29 is 4.74 Å². The molecule has 0 saturated heterocycles. The van der Waals surface area contributed by atoms with Crippen molar-refractivity contribution in [1.29, 1.82) is 0 Å². The van der Waals surface area contributed by atoms with Crippen LogP contribution < -0.4 is 10.5 Å². The molecule has 0 bridgehead atoms. The highest BCUT2D eigenvalue weighted by Gasteiger charge is 2.16. The molecule has 14 heavy (non-hydrogen) atoms. The summed E-state index contributed by atoms with van der Waals surface area (Å²) in [6, 6.07) is 2.23. The van der Waals surface area contributed by atoms with Gasteiger partial charge in [-0.15, -0.1) is 0 Å². The summed E-state index contributed by atoms with van der Waals surface area (Å²) in [4.78, 5) is 8.11. The second-order valence-electron chi connectivity index (χ2n) is 3.78. The van der Waals surface area contributed by atoms with Gasteiger partial charge in [0.25, 0.3) is 0 Å². The highest BCUT2D eigenvalue weighted by molar-refractivity contribution is 5.03. The zero-order chi connectivity index (χ0) is 10.6. The molecule has 1 atom stereocenters. The maximum atomic E-state index is 5.92. The Morgan fingerprint density at radius 1 is 1.57 bits per heavy atom. The fourth-order valence-electron chi connectivity index (χ4n) is 0.827. The van der Waals surface area contributed by atoms with Gasteiger partial charge in [0.2, 0.25) is 0 Å². The molecule has 1 aromatic rings. The molecule has 4 nitrogen and oxygen atoms in total. The average Bonchev–Trinajstić information content (AvgIpc) is 2.15. The number of hydrogen-bond acceptors (Lipinski definition) is 4. The first-order chi connectivity index (χ1) is 6.53. The van der Waals surface area contributed by atoms with Crippen LogP contribution in [0.3, 0.4) is 0 Å². The molecule has 0 aromatic carbocycles. The third kappa shape index (κ3) is 3.30. The summed E-state index contributed by atoms with van der Waals surface area (Å²) in [6.45, 7) is 6.31. The Labute approximate surface area is 84.5 Å². The van der Waals surface area contributed by atoms with Crippen LogP contribution in [0, 0.1) is 6.92 Å². The van der Waals surface area contributed by atoms with Gasteiger partial charge in [-0.25, -0.2) is 9.97 Å². The number of rotatable bonds is 4. The van der Waals surface area contributed by atoms with E-state index in [-0.39, 0.29) is 5.54 Å². The van der Waals surface area contributed by atoms with E-state index in [4.69, 9.17) is 10.5 Å². The van der Waals surface area contributed by atoms with Crippen LogP contribution in [0.2, 0.25) is 0 Å². The normalized spacial score (nSPS) is 14.9. The van der Waals surface area contributed by atoms with Crippen LogP contribution >= 0.6 is 0 Å². The summed E-state index contributed by atoms with van der Waals surface area (Å²) >= 11 is 0. The Balaban J connectivity index is 2.54. The van der Waals surface area contributed by atoms with E-state index in [1.807, 2.05) is 26.8 Å². The van der Waals surface area contributed by atoms with E-state index in [2.05, 4.69) is 9.97 Å². The molecular formula is C10H17N3O. The lowest BCUT2D eigenvalue weighted by atomic mass is 10.0. The minimum atomic E-state index is -0.312. The summed E-state index contributed by atoms with van der Waals surface area (Å²) in [5.41, 5.74) is 6.50. The Morgan fingerprint density at radius 2 is 2.29 bits per heavy atom. The molecule has 1 aromatic heterocycles. The summed E-state index contributed by atoms with van der Waals surface area (Å²) in [5, 5.41) is 0. The molecule has 1 rings (SSSR count). The third-order valence-electron chi connectivity index (χ3n) is 2.11. The minimum absolute atomic E-state index is 0.312. The van der Waals surface area contributed by atoms with Gasteiger partial charge < -0.3 is 10.5 Å². The molecule has 0 aliphatic carbocycles. The number of nitrogens with zero attached hydrogens (tertiary/aromatic N) is 2. The number of ether oxygens (including phenoxy) is 1. The first-order valence-electron chi connectivity index (χ1n) is 4.75. The van der Waals surface area contributed by atoms with E-state index in [1.54, 1.807) is 6.20 Å². The maximum Gasteiger partial charge on any atom is 0.316 e. The highest BCUT2D eigenvalue weighted by atomic mass is 16.5.